The number of amides is 2. The zero-order valence-corrected chi connectivity index (χ0v) is 16.6. The molecular weight excluding hydrogens is 356 g/mol. The van der Waals surface area contributed by atoms with Crippen molar-refractivity contribution in [1.82, 2.24) is 14.9 Å². The number of hydrogen-bond donors (Lipinski definition) is 1. The van der Waals surface area contributed by atoms with Crippen LogP contribution in [0.1, 0.15) is 54.0 Å². The van der Waals surface area contributed by atoms with Gasteiger partial charge in [0, 0.05) is 31.6 Å². The molecule has 28 heavy (non-hydrogen) atoms. The largest absolute Gasteiger partial charge is 0.495 e. The number of anilines is 1. The van der Waals surface area contributed by atoms with E-state index in [1.54, 1.807) is 25.4 Å². The van der Waals surface area contributed by atoms with Crippen LogP contribution in [-0.4, -0.2) is 46.9 Å². The van der Waals surface area contributed by atoms with E-state index in [9.17, 15) is 9.59 Å². The van der Waals surface area contributed by atoms with Crippen molar-refractivity contribution in [1.29, 1.82) is 0 Å². The lowest BCUT2D eigenvalue weighted by molar-refractivity contribution is -0.131. The van der Waals surface area contributed by atoms with Crippen molar-refractivity contribution >= 4 is 17.5 Å². The Bertz CT molecular complexity index is 860. The summed E-state index contributed by atoms with van der Waals surface area (Å²) >= 11 is 0. The standard InChI is InChI=1S/C21H26N4O3/c1-4-19(26)25-11-9-15(10-12-25)20-22-13-16(14(2)23-20)21(27)24-17-7-5-6-8-18(17)28-3/h5-8,13,15H,4,9-12H2,1-3H3,(H,24,27). The molecule has 0 unspecified atom stereocenters. The Morgan fingerprint density at radius 1 is 1.25 bits per heavy atom. The quantitative estimate of drug-likeness (QED) is 0.859. The molecule has 3 rings (SSSR count). The molecule has 0 spiro atoms. The van der Waals surface area contributed by atoms with Gasteiger partial charge in [0.15, 0.2) is 0 Å². The molecule has 1 aromatic carbocycles. The fourth-order valence-electron chi connectivity index (χ4n) is 3.45. The molecule has 2 amide bonds. The van der Waals surface area contributed by atoms with Crippen molar-refractivity contribution in [3.05, 3.63) is 47.5 Å². The van der Waals surface area contributed by atoms with Crippen LogP contribution in [0.4, 0.5) is 5.69 Å². The molecule has 0 saturated carbocycles. The molecule has 0 atom stereocenters. The van der Waals surface area contributed by atoms with Crippen LogP contribution in [0.2, 0.25) is 0 Å². The van der Waals surface area contributed by atoms with Crippen molar-refractivity contribution in [3.63, 3.8) is 0 Å². The first-order valence-corrected chi connectivity index (χ1v) is 9.59. The van der Waals surface area contributed by atoms with Crippen LogP contribution >= 0.6 is 0 Å². The highest BCUT2D eigenvalue weighted by molar-refractivity contribution is 6.05. The topological polar surface area (TPSA) is 84.4 Å². The maximum absolute atomic E-state index is 12.7. The maximum atomic E-state index is 12.7. The van der Waals surface area contributed by atoms with Gasteiger partial charge in [-0.3, -0.25) is 9.59 Å². The predicted molar refractivity (Wildman–Crippen MR) is 107 cm³/mol. The molecule has 0 aliphatic carbocycles. The van der Waals surface area contributed by atoms with Crippen LogP contribution < -0.4 is 10.1 Å². The summed E-state index contributed by atoms with van der Waals surface area (Å²) in [7, 11) is 1.56. The van der Waals surface area contributed by atoms with E-state index >= 15 is 0 Å². The number of methoxy groups -OCH3 is 1. The second-order valence-electron chi connectivity index (χ2n) is 6.89. The van der Waals surface area contributed by atoms with Gasteiger partial charge in [0.2, 0.25) is 5.91 Å². The molecule has 148 valence electrons. The third-order valence-corrected chi connectivity index (χ3v) is 5.11. The van der Waals surface area contributed by atoms with E-state index in [0.29, 0.717) is 29.1 Å². The Labute approximate surface area is 165 Å². The summed E-state index contributed by atoms with van der Waals surface area (Å²) in [6.07, 6.45) is 3.82. The summed E-state index contributed by atoms with van der Waals surface area (Å²) in [5.41, 5.74) is 1.68. The van der Waals surface area contributed by atoms with Crippen molar-refractivity contribution in [2.45, 2.75) is 39.0 Å². The number of carbonyl (C=O) groups is 2. The van der Waals surface area contributed by atoms with E-state index in [1.807, 2.05) is 30.9 Å². The molecule has 0 radical (unpaired) electrons. The number of ether oxygens (including phenoxy) is 1. The molecule has 7 heteroatoms. The zero-order chi connectivity index (χ0) is 20.1. The Balaban J connectivity index is 1.69. The molecule has 2 aromatic rings. The molecule has 2 heterocycles. The summed E-state index contributed by atoms with van der Waals surface area (Å²) in [5.74, 6) is 1.48. The summed E-state index contributed by atoms with van der Waals surface area (Å²) in [6.45, 7) is 5.17. The average Bonchev–Trinajstić information content (AvgIpc) is 2.73. The lowest BCUT2D eigenvalue weighted by Crippen LogP contribution is -2.37. The summed E-state index contributed by atoms with van der Waals surface area (Å²) in [6, 6.07) is 7.25. The minimum atomic E-state index is -0.267. The number of benzene rings is 1. The second kappa shape index (κ2) is 8.82. The first-order valence-electron chi connectivity index (χ1n) is 9.59. The van der Waals surface area contributed by atoms with Gasteiger partial charge in [-0.25, -0.2) is 9.97 Å². The fraction of sp³-hybridized carbons (Fsp3) is 0.429. The fourth-order valence-corrected chi connectivity index (χ4v) is 3.45. The number of nitrogens with one attached hydrogen (secondary N) is 1. The second-order valence-corrected chi connectivity index (χ2v) is 6.89. The third-order valence-electron chi connectivity index (χ3n) is 5.11. The Kier molecular flexibility index (Phi) is 6.23. The molecule has 1 saturated heterocycles. The molecular formula is C21H26N4O3. The van der Waals surface area contributed by atoms with Crippen molar-refractivity contribution in [3.8, 4) is 5.75 Å². The summed E-state index contributed by atoms with van der Waals surface area (Å²) < 4.78 is 5.27. The molecule has 7 nitrogen and oxygen atoms in total. The van der Waals surface area contributed by atoms with E-state index in [2.05, 4.69) is 15.3 Å². The lowest BCUT2D eigenvalue weighted by Gasteiger charge is -2.31. The molecule has 1 aliphatic heterocycles. The number of aryl methyl sites for hydroxylation is 1. The van der Waals surface area contributed by atoms with Gasteiger partial charge in [-0.05, 0) is 31.9 Å². The molecule has 1 N–H and O–H groups in total. The molecule has 1 aromatic heterocycles. The van der Waals surface area contributed by atoms with Crippen LogP contribution in [0.5, 0.6) is 5.75 Å². The van der Waals surface area contributed by atoms with Gasteiger partial charge in [-0.15, -0.1) is 0 Å². The Hall–Kier alpha value is -2.96. The van der Waals surface area contributed by atoms with Gasteiger partial charge in [-0.2, -0.15) is 0 Å². The van der Waals surface area contributed by atoms with Crippen LogP contribution in [0.25, 0.3) is 0 Å². The van der Waals surface area contributed by atoms with Gasteiger partial charge in [-0.1, -0.05) is 19.1 Å². The highest BCUT2D eigenvalue weighted by Gasteiger charge is 2.25. The van der Waals surface area contributed by atoms with Gasteiger partial charge in [0.05, 0.1) is 24.1 Å². The lowest BCUT2D eigenvalue weighted by atomic mass is 9.95. The third kappa shape index (κ3) is 4.30. The Morgan fingerprint density at radius 3 is 2.61 bits per heavy atom. The number of nitrogens with zero attached hydrogens (tertiary/aromatic N) is 3. The zero-order valence-electron chi connectivity index (χ0n) is 16.6. The monoisotopic (exact) mass is 382 g/mol. The van der Waals surface area contributed by atoms with E-state index < -0.39 is 0 Å². The minimum Gasteiger partial charge on any atom is -0.495 e. The summed E-state index contributed by atoms with van der Waals surface area (Å²) in [4.78, 5) is 35.4. The van der Waals surface area contributed by atoms with Gasteiger partial charge >= 0.3 is 0 Å². The van der Waals surface area contributed by atoms with Crippen LogP contribution in [0.3, 0.4) is 0 Å². The average molecular weight is 382 g/mol. The number of piperidine rings is 1. The minimum absolute atomic E-state index is 0.193. The predicted octanol–water partition coefficient (Wildman–Crippen LogP) is 3.16. The van der Waals surface area contributed by atoms with Gasteiger partial charge < -0.3 is 15.0 Å². The molecule has 1 fully saturated rings. The maximum Gasteiger partial charge on any atom is 0.259 e. The number of hydrogen-bond acceptors (Lipinski definition) is 5. The molecule has 1 aliphatic rings. The molecule has 0 bridgehead atoms. The highest BCUT2D eigenvalue weighted by atomic mass is 16.5. The van der Waals surface area contributed by atoms with Crippen LogP contribution in [0.15, 0.2) is 30.5 Å². The number of para-hydroxylation sites is 2. The highest BCUT2D eigenvalue weighted by Crippen LogP contribution is 2.27. The van der Waals surface area contributed by atoms with E-state index in [4.69, 9.17) is 4.74 Å². The van der Waals surface area contributed by atoms with Crippen molar-refractivity contribution in [2.24, 2.45) is 0 Å². The van der Waals surface area contributed by atoms with Crippen molar-refractivity contribution < 1.29 is 14.3 Å². The van der Waals surface area contributed by atoms with Gasteiger partial charge in [0.25, 0.3) is 5.91 Å². The number of carbonyl (C=O) groups excluding carboxylic acids is 2. The van der Waals surface area contributed by atoms with E-state index in [1.165, 1.54) is 0 Å². The SMILES string of the molecule is CCC(=O)N1CCC(c2ncc(C(=O)Nc3ccccc3OC)c(C)n2)CC1. The summed E-state index contributed by atoms with van der Waals surface area (Å²) in [5, 5.41) is 2.85. The normalized spacial score (nSPS) is 14.6. The van der Waals surface area contributed by atoms with E-state index in [0.717, 1.165) is 31.8 Å². The Morgan fingerprint density at radius 2 is 1.96 bits per heavy atom. The van der Waals surface area contributed by atoms with Crippen molar-refractivity contribution in [2.75, 3.05) is 25.5 Å². The van der Waals surface area contributed by atoms with Gasteiger partial charge in [0.1, 0.15) is 11.6 Å². The number of aromatic nitrogens is 2. The first kappa shape index (κ1) is 19.8. The first-order chi connectivity index (χ1) is 13.5. The van der Waals surface area contributed by atoms with E-state index in [-0.39, 0.29) is 17.7 Å². The number of rotatable bonds is 5. The smallest absolute Gasteiger partial charge is 0.259 e. The van der Waals surface area contributed by atoms with Crippen LogP contribution in [0, 0.1) is 6.92 Å². The van der Waals surface area contributed by atoms with Crippen LogP contribution in [-0.2, 0) is 4.79 Å². The number of likely N-dealkylation sites (tertiary alicyclic amines) is 1.